The highest BCUT2D eigenvalue weighted by molar-refractivity contribution is 6.05. The molecule has 2 heterocycles. The van der Waals surface area contributed by atoms with E-state index >= 15 is 0 Å². The van der Waals surface area contributed by atoms with Crippen LogP contribution in [0.3, 0.4) is 0 Å². The molecule has 1 aromatic carbocycles. The van der Waals surface area contributed by atoms with Crippen molar-refractivity contribution in [3.63, 3.8) is 0 Å². The molecule has 0 spiro atoms. The third-order valence-corrected chi connectivity index (χ3v) is 2.94. The molecular weight excluding hydrogens is 228 g/mol. The number of aromatic nitrogens is 2. The van der Waals surface area contributed by atoms with E-state index < -0.39 is 0 Å². The summed E-state index contributed by atoms with van der Waals surface area (Å²) in [7, 11) is 3.27. The van der Waals surface area contributed by atoms with Crippen molar-refractivity contribution in [2.75, 3.05) is 14.2 Å². The standard InChI is InChI=1S/C14H12N2O2/c1-17-12-7-8-15-14-9-4-6-13(18-2)16-11(9)5-3-10(12)14/h3-8H,1-2H3. The lowest BCUT2D eigenvalue weighted by molar-refractivity contribution is 0.399. The molecular formula is C14H12N2O2. The Morgan fingerprint density at radius 1 is 0.889 bits per heavy atom. The molecule has 18 heavy (non-hydrogen) atoms. The number of pyridine rings is 2. The van der Waals surface area contributed by atoms with E-state index in [0.717, 1.165) is 27.6 Å². The average Bonchev–Trinajstić information content (AvgIpc) is 2.45. The zero-order valence-corrected chi connectivity index (χ0v) is 10.2. The lowest BCUT2D eigenvalue weighted by atomic mass is 10.1. The predicted octanol–water partition coefficient (Wildman–Crippen LogP) is 2.80. The van der Waals surface area contributed by atoms with Gasteiger partial charge in [0.15, 0.2) is 0 Å². The van der Waals surface area contributed by atoms with Crippen molar-refractivity contribution in [1.29, 1.82) is 0 Å². The van der Waals surface area contributed by atoms with E-state index in [1.165, 1.54) is 0 Å². The molecule has 4 heteroatoms. The first kappa shape index (κ1) is 10.8. The fourth-order valence-electron chi connectivity index (χ4n) is 2.07. The summed E-state index contributed by atoms with van der Waals surface area (Å²) in [6, 6.07) is 9.57. The quantitative estimate of drug-likeness (QED) is 0.646. The average molecular weight is 240 g/mol. The van der Waals surface area contributed by atoms with Gasteiger partial charge in [-0.05, 0) is 24.3 Å². The number of fused-ring (bicyclic) bond motifs is 3. The van der Waals surface area contributed by atoms with Gasteiger partial charge in [-0.2, -0.15) is 0 Å². The maximum Gasteiger partial charge on any atom is 0.213 e. The summed E-state index contributed by atoms with van der Waals surface area (Å²) in [5, 5.41) is 1.98. The van der Waals surface area contributed by atoms with Gasteiger partial charge in [0.05, 0.1) is 25.3 Å². The molecule has 3 rings (SSSR count). The molecule has 0 aliphatic heterocycles. The van der Waals surface area contributed by atoms with E-state index in [2.05, 4.69) is 9.97 Å². The van der Waals surface area contributed by atoms with Gasteiger partial charge in [-0.25, -0.2) is 4.98 Å². The summed E-state index contributed by atoms with van der Waals surface area (Å²) in [5.74, 6) is 1.42. The Morgan fingerprint density at radius 3 is 2.50 bits per heavy atom. The zero-order valence-electron chi connectivity index (χ0n) is 10.2. The number of benzene rings is 1. The third-order valence-electron chi connectivity index (χ3n) is 2.94. The van der Waals surface area contributed by atoms with Crippen LogP contribution in [0.5, 0.6) is 11.6 Å². The van der Waals surface area contributed by atoms with Gasteiger partial charge in [0.2, 0.25) is 5.88 Å². The van der Waals surface area contributed by atoms with Crippen molar-refractivity contribution in [3.8, 4) is 11.6 Å². The Balaban J connectivity index is 2.39. The van der Waals surface area contributed by atoms with Gasteiger partial charge in [0, 0.05) is 23.0 Å². The highest BCUT2D eigenvalue weighted by Crippen LogP contribution is 2.29. The number of ether oxygens (including phenoxy) is 2. The minimum Gasteiger partial charge on any atom is -0.496 e. The second-order valence-corrected chi connectivity index (χ2v) is 3.90. The van der Waals surface area contributed by atoms with Crippen molar-refractivity contribution in [2.24, 2.45) is 0 Å². The van der Waals surface area contributed by atoms with Crippen molar-refractivity contribution in [1.82, 2.24) is 9.97 Å². The van der Waals surface area contributed by atoms with Crippen LogP contribution in [0.1, 0.15) is 0 Å². The highest BCUT2D eigenvalue weighted by Gasteiger charge is 2.07. The van der Waals surface area contributed by atoms with Crippen LogP contribution in [0.4, 0.5) is 0 Å². The molecule has 0 saturated carbocycles. The van der Waals surface area contributed by atoms with Crippen LogP contribution in [-0.2, 0) is 0 Å². The molecule has 0 radical (unpaired) electrons. The van der Waals surface area contributed by atoms with Gasteiger partial charge in [0.25, 0.3) is 0 Å². The van der Waals surface area contributed by atoms with Gasteiger partial charge >= 0.3 is 0 Å². The maximum absolute atomic E-state index is 5.34. The summed E-state index contributed by atoms with van der Waals surface area (Å²) in [4.78, 5) is 8.81. The first-order valence-corrected chi connectivity index (χ1v) is 5.60. The molecule has 0 aliphatic rings. The van der Waals surface area contributed by atoms with E-state index in [4.69, 9.17) is 9.47 Å². The monoisotopic (exact) mass is 240 g/mol. The summed E-state index contributed by atoms with van der Waals surface area (Å²) in [6.45, 7) is 0. The first-order chi connectivity index (χ1) is 8.83. The number of hydrogen-bond donors (Lipinski definition) is 0. The van der Waals surface area contributed by atoms with Crippen LogP contribution < -0.4 is 9.47 Å². The van der Waals surface area contributed by atoms with Crippen LogP contribution >= 0.6 is 0 Å². The molecule has 0 atom stereocenters. The molecule has 2 aromatic heterocycles. The molecule has 90 valence electrons. The maximum atomic E-state index is 5.34. The molecule has 0 unspecified atom stereocenters. The van der Waals surface area contributed by atoms with Crippen molar-refractivity contribution in [3.05, 3.63) is 36.5 Å². The van der Waals surface area contributed by atoms with Crippen molar-refractivity contribution in [2.45, 2.75) is 0 Å². The Bertz CT molecular complexity index is 725. The molecule has 0 aliphatic carbocycles. The van der Waals surface area contributed by atoms with Crippen LogP contribution in [-0.4, -0.2) is 24.2 Å². The van der Waals surface area contributed by atoms with E-state index in [0.29, 0.717) is 5.88 Å². The Hall–Kier alpha value is -2.36. The number of nitrogens with zero attached hydrogens (tertiary/aromatic N) is 2. The van der Waals surface area contributed by atoms with Crippen molar-refractivity contribution < 1.29 is 9.47 Å². The second-order valence-electron chi connectivity index (χ2n) is 3.90. The fraction of sp³-hybridized carbons (Fsp3) is 0.143. The lowest BCUT2D eigenvalue weighted by Crippen LogP contribution is -1.91. The lowest BCUT2D eigenvalue weighted by Gasteiger charge is -2.07. The van der Waals surface area contributed by atoms with Gasteiger partial charge in [-0.1, -0.05) is 0 Å². The Morgan fingerprint density at radius 2 is 1.72 bits per heavy atom. The van der Waals surface area contributed by atoms with Gasteiger partial charge in [-0.15, -0.1) is 0 Å². The van der Waals surface area contributed by atoms with Crippen LogP contribution in [0.25, 0.3) is 21.8 Å². The number of rotatable bonds is 2. The van der Waals surface area contributed by atoms with Gasteiger partial charge in [0.1, 0.15) is 5.75 Å². The number of hydrogen-bond acceptors (Lipinski definition) is 4. The summed E-state index contributed by atoms with van der Waals surface area (Å²) >= 11 is 0. The predicted molar refractivity (Wildman–Crippen MR) is 70.1 cm³/mol. The van der Waals surface area contributed by atoms with E-state index in [-0.39, 0.29) is 0 Å². The molecule has 0 amide bonds. The summed E-state index contributed by atoms with van der Waals surface area (Å²) < 4.78 is 10.5. The Labute approximate surface area is 104 Å². The topological polar surface area (TPSA) is 44.2 Å². The summed E-state index contributed by atoms with van der Waals surface area (Å²) in [6.07, 6.45) is 1.74. The SMILES string of the molecule is COc1ccc2c(ccc3c(OC)ccnc32)n1. The molecule has 3 aromatic rings. The zero-order chi connectivity index (χ0) is 12.5. The molecule has 0 fully saturated rings. The highest BCUT2D eigenvalue weighted by atomic mass is 16.5. The van der Waals surface area contributed by atoms with Crippen molar-refractivity contribution >= 4 is 21.8 Å². The van der Waals surface area contributed by atoms with E-state index in [1.807, 2.05) is 30.3 Å². The van der Waals surface area contributed by atoms with Crippen LogP contribution in [0.2, 0.25) is 0 Å². The van der Waals surface area contributed by atoms with Gasteiger partial charge < -0.3 is 9.47 Å². The molecule has 0 bridgehead atoms. The molecule has 0 saturated heterocycles. The molecule has 0 N–H and O–H groups in total. The molecule has 4 nitrogen and oxygen atoms in total. The van der Waals surface area contributed by atoms with E-state index in [9.17, 15) is 0 Å². The minimum absolute atomic E-state index is 0.602. The smallest absolute Gasteiger partial charge is 0.213 e. The Kier molecular flexibility index (Phi) is 2.48. The second kappa shape index (κ2) is 4.14. The fourth-order valence-corrected chi connectivity index (χ4v) is 2.07. The summed E-state index contributed by atoms with van der Waals surface area (Å²) in [5.41, 5.74) is 1.75. The largest absolute Gasteiger partial charge is 0.496 e. The van der Waals surface area contributed by atoms with Crippen LogP contribution in [0.15, 0.2) is 36.5 Å². The van der Waals surface area contributed by atoms with E-state index in [1.54, 1.807) is 20.4 Å². The number of methoxy groups -OCH3 is 2. The normalized spacial score (nSPS) is 10.8. The van der Waals surface area contributed by atoms with Crippen LogP contribution in [0, 0.1) is 0 Å². The third kappa shape index (κ3) is 1.54. The minimum atomic E-state index is 0.602. The van der Waals surface area contributed by atoms with Gasteiger partial charge in [-0.3, -0.25) is 4.98 Å². The first-order valence-electron chi connectivity index (χ1n) is 5.60.